The predicted molar refractivity (Wildman–Crippen MR) is 64.0 cm³/mol. The number of rotatable bonds is 1. The van der Waals surface area contributed by atoms with E-state index in [0.717, 1.165) is 0 Å². The summed E-state index contributed by atoms with van der Waals surface area (Å²) in [5.74, 6) is 0.944. The molecule has 84 valence electrons. The highest BCUT2D eigenvalue weighted by atomic mass is 16.3. The maximum Gasteiger partial charge on any atom is 0.148 e. The molecule has 0 fully saturated rings. The number of benzene rings is 1. The summed E-state index contributed by atoms with van der Waals surface area (Å²) < 4.78 is 1.74. The summed E-state index contributed by atoms with van der Waals surface area (Å²) in [4.78, 5) is 4.23. The van der Waals surface area contributed by atoms with Gasteiger partial charge >= 0.3 is 0 Å². The van der Waals surface area contributed by atoms with Crippen LogP contribution in [0.5, 0.6) is 11.5 Å². The molecular formula is C13H10N2O2. The Morgan fingerprint density at radius 1 is 0.941 bits per heavy atom. The number of aromatic hydroxyl groups is 2. The van der Waals surface area contributed by atoms with Crippen molar-refractivity contribution in [1.29, 1.82) is 0 Å². The number of aromatic nitrogens is 2. The molecule has 3 aromatic rings. The van der Waals surface area contributed by atoms with E-state index in [2.05, 4.69) is 4.98 Å². The molecule has 0 radical (unpaired) electrons. The number of fused-ring (bicyclic) bond motifs is 1. The molecule has 2 N–H and O–H groups in total. The van der Waals surface area contributed by atoms with Crippen molar-refractivity contribution in [2.45, 2.75) is 0 Å². The lowest BCUT2D eigenvalue weighted by atomic mass is 10.2. The molecule has 0 unspecified atom stereocenters. The molecule has 1 aromatic carbocycles. The predicted octanol–water partition coefficient (Wildman–Crippen LogP) is 2.41. The van der Waals surface area contributed by atoms with Gasteiger partial charge in [0.05, 0.1) is 11.8 Å². The Morgan fingerprint density at radius 2 is 1.71 bits per heavy atom. The van der Waals surface area contributed by atoms with Gasteiger partial charge in [0.1, 0.15) is 22.8 Å². The van der Waals surface area contributed by atoms with Crippen LogP contribution in [0.1, 0.15) is 0 Å². The third-order valence-corrected chi connectivity index (χ3v) is 2.69. The van der Waals surface area contributed by atoms with E-state index in [-0.39, 0.29) is 11.5 Å². The molecule has 0 aliphatic rings. The van der Waals surface area contributed by atoms with E-state index in [1.165, 1.54) is 0 Å². The number of pyridine rings is 1. The normalized spacial score (nSPS) is 10.8. The van der Waals surface area contributed by atoms with Gasteiger partial charge in [-0.2, -0.15) is 0 Å². The van der Waals surface area contributed by atoms with E-state index < -0.39 is 0 Å². The molecular weight excluding hydrogens is 216 g/mol. The van der Waals surface area contributed by atoms with Crippen molar-refractivity contribution in [3.63, 3.8) is 0 Å². The molecule has 0 aliphatic carbocycles. The average Bonchev–Trinajstić information content (AvgIpc) is 2.75. The molecule has 4 nitrogen and oxygen atoms in total. The highest BCUT2D eigenvalue weighted by Crippen LogP contribution is 2.30. The second-order valence-corrected chi connectivity index (χ2v) is 3.75. The number of imidazole rings is 1. The molecule has 17 heavy (non-hydrogen) atoms. The Bertz CT molecular complexity index is 689. The molecule has 2 aromatic heterocycles. The number of phenols is 1. The van der Waals surface area contributed by atoms with Gasteiger partial charge in [0.25, 0.3) is 0 Å². The molecule has 2 heterocycles. The lowest BCUT2D eigenvalue weighted by Gasteiger charge is -2.04. The first kappa shape index (κ1) is 9.72. The van der Waals surface area contributed by atoms with Crippen molar-refractivity contribution >= 4 is 5.52 Å². The second kappa shape index (κ2) is 3.52. The fraction of sp³-hybridized carbons (Fsp3) is 0. The standard InChI is InChI=1S/C13H10N2O2/c16-11-5-2-1-4-9(11)13-14-8-10-12(17)6-3-7-15(10)13/h1-8,16-17H. The van der Waals surface area contributed by atoms with Gasteiger partial charge in [0.2, 0.25) is 0 Å². The highest BCUT2D eigenvalue weighted by molar-refractivity contribution is 5.70. The number of para-hydroxylation sites is 1. The molecule has 0 saturated carbocycles. The number of hydrogen-bond acceptors (Lipinski definition) is 3. The van der Waals surface area contributed by atoms with Crippen LogP contribution in [0.25, 0.3) is 16.9 Å². The Balaban J connectivity index is 2.33. The summed E-state index contributed by atoms with van der Waals surface area (Å²) >= 11 is 0. The summed E-state index contributed by atoms with van der Waals surface area (Å²) in [6.45, 7) is 0. The van der Waals surface area contributed by atoms with Crippen LogP contribution >= 0.6 is 0 Å². The van der Waals surface area contributed by atoms with Crippen LogP contribution in [-0.4, -0.2) is 19.6 Å². The minimum absolute atomic E-state index is 0.168. The van der Waals surface area contributed by atoms with E-state index in [0.29, 0.717) is 16.9 Å². The quantitative estimate of drug-likeness (QED) is 0.670. The second-order valence-electron chi connectivity index (χ2n) is 3.75. The SMILES string of the molecule is Oc1ccccc1-c1ncc2c(O)cccn12. The van der Waals surface area contributed by atoms with Crippen LogP contribution in [0.15, 0.2) is 48.8 Å². The molecule has 0 bridgehead atoms. The first-order valence-corrected chi connectivity index (χ1v) is 5.21. The minimum Gasteiger partial charge on any atom is -0.507 e. The van der Waals surface area contributed by atoms with Crippen molar-refractivity contribution in [2.75, 3.05) is 0 Å². The fourth-order valence-electron chi connectivity index (χ4n) is 1.87. The maximum atomic E-state index is 9.80. The summed E-state index contributed by atoms with van der Waals surface area (Å²) in [6.07, 6.45) is 3.38. The van der Waals surface area contributed by atoms with Gasteiger partial charge in [0.15, 0.2) is 0 Å². The Morgan fingerprint density at radius 3 is 2.53 bits per heavy atom. The first-order chi connectivity index (χ1) is 8.27. The third kappa shape index (κ3) is 1.42. The topological polar surface area (TPSA) is 57.8 Å². The van der Waals surface area contributed by atoms with Crippen LogP contribution < -0.4 is 0 Å². The van der Waals surface area contributed by atoms with Gasteiger partial charge in [-0.05, 0) is 24.3 Å². The Kier molecular flexibility index (Phi) is 2.01. The fourth-order valence-corrected chi connectivity index (χ4v) is 1.87. The molecule has 4 heteroatoms. The molecule has 0 atom stereocenters. The van der Waals surface area contributed by atoms with Crippen LogP contribution in [-0.2, 0) is 0 Å². The number of nitrogens with zero attached hydrogens (tertiary/aromatic N) is 2. The zero-order valence-corrected chi connectivity index (χ0v) is 8.91. The number of phenolic OH excluding ortho intramolecular Hbond substituents is 1. The smallest absolute Gasteiger partial charge is 0.148 e. The van der Waals surface area contributed by atoms with E-state index in [4.69, 9.17) is 0 Å². The molecule has 3 rings (SSSR count). The van der Waals surface area contributed by atoms with Crippen molar-refractivity contribution in [3.8, 4) is 22.9 Å². The molecule has 0 amide bonds. The largest absolute Gasteiger partial charge is 0.507 e. The van der Waals surface area contributed by atoms with Crippen LogP contribution in [0.4, 0.5) is 0 Å². The summed E-state index contributed by atoms with van der Waals surface area (Å²) in [7, 11) is 0. The Labute approximate surface area is 97.4 Å². The highest BCUT2D eigenvalue weighted by Gasteiger charge is 2.11. The summed E-state index contributed by atoms with van der Waals surface area (Å²) in [5, 5.41) is 19.5. The average molecular weight is 226 g/mol. The third-order valence-electron chi connectivity index (χ3n) is 2.69. The van der Waals surface area contributed by atoms with Crippen LogP contribution in [0.3, 0.4) is 0 Å². The first-order valence-electron chi connectivity index (χ1n) is 5.21. The maximum absolute atomic E-state index is 9.80. The van der Waals surface area contributed by atoms with Crippen molar-refractivity contribution in [1.82, 2.24) is 9.38 Å². The number of hydrogen-bond donors (Lipinski definition) is 2. The minimum atomic E-state index is 0.168. The van der Waals surface area contributed by atoms with E-state index in [1.807, 2.05) is 6.07 Å². The van der Waals surface area contributed by atoms with E-state index in [1.54, 1.807) is 47.1 Å². The van der Waals surface area contributed by atoms with E-state index in [9.17, 15) is 10.2 Å². The van der Waals surface area contributed by atoms with E-state index >= 15 is 0 Å². The van der Waals surface area contributed by atoms with Gasteiger partial charge in [-0.1, -0.05) is 12.1 Å². The Hall–Kier alpha value is -2.49. The monoisotopic (exact) mass is 226 g/mol. The van der Waals surface area contributed by atoms with Gasteiger partial charge < -0.3 is 10.2 Å². The zero-order valence-electron chi connectivity index (χ0n) is 8.91. The van der Waals surface area contributed by atoms with Gasteiger partial charge in [0, 0.05) is 6.20 Å². The van der Waals surface area contributed by atoms with Gasteiger partial charge in [-0.3, -0.25) is 4.40 Å². The molecule has 0 aliphatic heterocycles. The zero-order chi connectivity index (χ0) is 11.8. The van der Waals surface area contributed by atoms with Crippen LogP contribution in [0, 0.1) is 0 Å². The van der Waals surface area contributed by atoms with Crippen LogP contribution in [0.2, 0.25) is 0 Å². The summed E-state index contributed by atoms with van der Waals surface area (Å²) in [5.41, 5.74) is 1.25. The van der Waals surface area contributed by atoms with Gasteiger partial charge in [-0.15, -0.1) is 0 Å². The molecule has 0 saturated heterocycles. The molecule has 0 spiro atoms. The van der Waals surface area contributed by atoms with Crippen molar-refractivity contribution < 1.29 is 10.2 Å². The lowest BCUT2D eigenvalue weighted by molar-refractivity contribution is 0.476. The van der Waals surface area contributed by atoms with Crippen molar-refractivity contribution in [3.05, 3.63) is 48.8 Å². The summed E-state index contributed by atoms with van der Waals surface area (Å²) in [6, 6.07) is 10.3. The lowest BCUT2D eigenvalue weighted by Crippen LogP contribution is -1.89. The van der Waals surface area contributed by atoms with Gasteiger partial charge in [-0.25, -0.2) is 4.98 Å². The van der Waals surface area contributed by atoms with Crippen molar-refractivity contribution in [2.24, 2.45) is 0 Å².